The topological polar surface area (TPSA) is 185 Å². The zero-order valence-corrected chi connectivity index (χ0v) is 33.8. The molecule has 56 heavy (non-hydrogen) atoms. The molecule has 0 bridgehead atoms. The number of nitrogens with one attached hydrogen (secondary N) is 2. The molecular formula is C41H49N5O8S2. The lowest BCUT2D eigenvalue weighted by atomic mass is 9.95. The van der Waals surface area contributed by atoms with Crippen LogP contribution in [-0.4, -0.2) is 83.6 Å². The van der Waals surface area contributed by atoms with E-state index in [2.05, 4.69) is 22.2 Å². The average Bonchev–Trinajstić information content (AvgIpc) is 3.64. The van der Waals surface area contributed by atoms with E-state index < -0.39 is 51.4 Å². The second-order valence-corrected chi connectivity index (χ2v) is 17.8. The Morgan fingerprint density at radius 3 is 2.14 bits per heavy atom. The van der Waals surface area contributed by atoms with Crippen LogP contribution in [0.1, 0.15) is 79.9 Å². The van der Waals surface area contributed by atoms with Gasteiger partial charge in [0.2, 0.25) is 21.8 Å². The molecule has 3 heterocycles. The molecule has 3 amide bonds. The molecule has 2 aromatic carbocycles. The summed E-state index contributed by atoms with van der Waals surface area (Å²) in [6, 6.07) is 17.9. The number of ether oxygens (including phenoxy) is 1. The van der Waals surface area contributed by atoms with Gasteiger partial charge in [0, 0.05) is 47.9 Å². The second-order valence-electron chi connectivity index (χ2n) is 15.0. The molecule has 0 radical (unpaired) electrons. The summed E-state index contributed by atoms with van der Waals surface area (Å²) >= 11 is 1.35. The maximum atomic E-state index is 13.8. The number of nitrogens with zero attached hydrogens (tertiary/aromatic N) is 3. The van der Waals surface area contributed by atoms with Gasteiger partial charge in [0.05, 0.1) is 17.4 Å². The van der Waals surface area contributed by atoms with Crippen LogP contribution in [0.5, 0.6) is 5.75 Å². The van der Waals surface area contributed by atoms with Crippen LogP contribution in [0.3, 0.4) is 0 Å². The minimum Gasteiger partial charge on any atom is -0.494 e. The van der Waals surface area contributed by atoms with E-state index in [4.69, 9.17) is 9.84 Å². The second kappa shape index (κ2) is 18.7. The molecule has 0 saturated carbocycles. The Morgan fingerprint density at radius 1 is 0.893 bits per heavy atom. The third kappa shape index (κ3) is 11.7. The predicted molar refractivity (Wildman–Crippen MR) is 215 cm³/mol. The number of amides is 3. The molecule has 298 valence electrons. The van der Waals surface area contributed by atoms with Crippen molar-refractivity contribution in [1.29, 1.82) is 0 Å². The number of hydrogen-bond donors (Lipinski definition) is 3. The summed E-state index contributed by atoms with van der Waals surface area (Å²) in [5.41, 5.74) is 3.18. The zero-order valence-electron chi connectivity index (χ0n) is 32.1. The molecule has 5 rings (SSSR count). The highest BCUT2D eigenvalue weighted by molar-refractivity contribution is 7.90. The molecule has 2 aromatic heterocycles. The first-order chi connectivity index (χ1) is 26.6. The lowest BCUT2D eigenvalue weighted by Gasteiger charge is -2.40. The molecule has 1 aliphatic rings. The van der Waals surface area contributed by atoms with Gasteiger partial charge in [0.25, 0.3) is 5.91 Å². The van der Waals surface area contributed by atoms with Gasteiger partial charge < -0.3 is 20.1 Å². The number of carboxylic acid groups (broad SMARTS) is 1. The maximum absolute atomic E-state index is 13.8. The summed E-state index contributed by atoms with van der Waals surface area (Å²) in [4.78, 5) is 62.5. The molecule has 0 spiro atoms. The lowest BCUT2D eigenvalue weighted by Crippen LogP contribution is -2.61. The number of aromatic nitrogens is 2. The smallest absolute Gasteiger partial charge is 0.320 e. The molecule has 3 N–H and O–H groups in total. The van der Waals surface area contributed by atoms with Gasteiger partial charge in [-0.25, -0.2) is 18.4 Å². The molecule has 15 heteroatoms. The van der Waals surface area contributed by atoms with Crippen LogP contribution in [0, 0.1) is 5.92 Å². The van der Waals surface area contributed by atoms with Crippen LogP contribution in [0.25, 0.3) is 22.5 Å². The van der Waals surface area contributed by atoms with Crippen LogP contribution in [0.4, 0.5) is 0 Å². The van der Waals surface area contributed by atoms with Gasteiger partial charge >= 0.3 is 5.97 Å². The van der Waals surface area contributed by atoms with Crippen molar-refractivity contribution in [2.75, 3.05) is 25.4 Å². The third-order valence-corrected chi connectivity index (χ3v) is 12.0. The Labute approximate surface area is 332 Å². The van der Waals surface area contributed by atoms with Crippen LogP contribution < -0.4 is 14.8 Å². The summed E-state index contributed by atoms with van der Waals surface area (Å²) in [5, 5.41) is 11.7. The molecule has 1 atom stereocenters. The highest BCUT2D eigenvalue weighted by atomic mass is 32.2. The average molecular weight is 804 g/mol. The standard InChI is InChI=1S/C41H49N5O8S2/c1-5-6-7-8-9-20-54-32-16-14-28(15-17-32)30-22-42-37(43-23-30)29-12-10-27(11-13-29)21-33(44-39(50)34-18-19-35(55-34)41(2,3)4)40(51)46-24-31(25-46)38(49)45-56(52,53)26-36(47)48/h10-19,22-23,31,33H,5-9,20-21,24-26H2,1-4H3,(H,44,50)(H,45,49)(H,47,48). The van der Waals surface area contributed by atoms with Crippen molar-refractivity contribution >= 4 is 45.1 Å². The number of likely N-dealkylation sites (tertiary alicyclic amines) is 1. The number of carbonyl (C=O) groups excluding carboxylic acids is 3. The first-order valence-corrected chi connectivity index (χ1v) is 21.2. The summed E-state index contributed by atoms with van der Waals surface area (Å²) in [6.45, 7) is 8.87. The van der Waals surface area contributed by atoms with E-state index in [-0.39, 0.29) is 24.9 Å². The van der Waals surface area contributed by atoms with E-state index in [1.165, 1.54) is 41.9 Å². The number of hydrogen-bond acceptors (Lipinski definition) is 10. The fraction of sp³-hybridized carbons (Fsp3) is 0.415. The highest BCUT2D eigenvalue weighted by Crippen LogP contribution is 2.30. The highest BCUT2D eigenvalue weighted by Gasteiger charge is 2.40. The Morgan fingerprint density at radius 2 is 1.54 bits per heavy atom. The fourth-order valence-electron chi connectivity index (χ4n) is 6.06. The monoisotopic (exact) mass is 803 g/mol. The number of benzene rings is 2. The van der Waals surface area contributed by atoms with Crippen molar-refractivity contribution < 1.29 is 37.4 Å². The number of unbranched alkanes of at least 4 members (excludes halogenated alkanes) is 4. The Hall–Kier alpha value is -5.15. The van der Waals surface area contributed by atoms with Crippen molar-refractivity contribution in [1.82, 2.24) is 24.9 Å². The first-order valence-electron chi connectivity index (χ1n) is 18.7. The van der Waals surface area contributed by atoms with Gasteiger partial charge in [0.1, 0.15) is 11.8 Å². The maximum Gasteiger partial charge on any atom is 0.320 e. The Bertz CT molecular complexity index is 2090. The Kier molecular flexibility index (Phi) is 14.0. The van der Waals surface area contributed by atoms with Crippen molar-refractivity contribution in [2.24, 2.45) is 5.92 Å². The van der Waals surface area contributed by atoms with Gasteiger partial charge in [-0.15, -0.1) is 11.3 Å². The van der Waals surface area contributed by atoms with Gasteiger partial charge in [-0.1, -0.05) is 89.8 Å². The quantitative estimate of drug-likeness (QED) is 0.103. The first kappa shape index (κ1) is 42.0. The van der Waals surface area contributed by atoms with Crippen molar-refractivity contribution in [3.05, 3.63) is 88.4 Å². The minimum atomic E-state index is -4.37. The number of carboxylic acids is 1. The molecule has 4 aromatic rings. The largest absolute Gasteiger partial charge is 0.494 e. The van der Waals surface area contributed by atoms with Crippen LogP contribution in [-0.2, 0) is 36.2 Å². The van der Waals surface area contributed by atoms with E-state index in [9.17, 15) is 27.6 Å². The van der Waals surface area contributed by atoms with Crippen molar-refractivity contribution in [2.45, 2.75) is 77.7 Å². The Balaban J connectivity index is 1.23. The number of thiophene rings is 1. The molecule has 13 nitrogen and oxygen atoms in total. The van der Waals surface area contributed by atoms with Gasteiger partial charge in [0.15, 0.2) is 11.6 Å². The minimum absolute atomic E-state index is 0.0871. The molecule has 1 aliphatic heterocycles. The van der Waals surface area contributed by atoms with Gasteiger partial charge in [-0.3, -0.25) is 23.9 Å². The summed E-state index contributed by atoms with van der Waals surface area (Å²) in [6.07, 6.45) is 9.59. The predicted octanol–water partition coefficient (Wildman–Crippen LogP) is 5.85. The van der Waals surface area contributed by atoms with E-state index in [0.29, 0.717) is 17.3 Å². The number of carbonyl (C=O) groups is 4. The van der Waals surface area contributed by atoms with Crippen LogP contribution in [0.15, 0.2) is 73.1 Å². The fourth-order valence-corrected chi connectivity index (χ4v) is 7.90. The number of sulfonamides is 1. The summed E-state index contributed by atoms with van der Waals surface area (Å²) in [7, 11) is -4.37. The van der Waals surface area contributed by atoms with Gasteiger partial charge in [-0.05, 0) is 47.2 Å². The van der Waals surface area contributed by atoms with E-state index in [1.54, 1.807) is 23.2 Å². The molecule has 1 unspecified atom stereocenters. The van der Waals surface area contributed by atoms with E-state index in [0.717, 1.165) is 39.3 Å². The van der Waals surface area contributed by atoms with Crippen LogP contribution in [0.2, 0.25) is 0 Å². The van der Waals surface area contributed by atoms with Crippen molar-refractivity contribution in [3.63, 3.8) is 0 Å². The molecule has 1 saturated heterocycles. The number of aliphatic carboxylic acids is 1. The normalized spacial score (nSPS) is 13.8. The number of rotatable bonds is 18. The van der Waals surface area contributed by atoms with E-state index >= 15 is 0 Å². The third-order valence-electron chi connectivity index (χ3n) is 9.31. The molecular weight excluding hydrogens is 755 g/mol. The van der Waals surface area contributed by atoms with Crippen LogP contribution >= 0.6 is 11.3 Å². The van der Waals surface area contributed by atoms with Crippen molar-refractivity contribution in [3.8, 4) is 28.3 Å². The summed E-state index contributed by atoms with van der Waals surface area (Å²) in [5.74, 6) is -4.08. The zero-order chi connectivity index (χ0) is 40.5. The summed E-state index contributed by atoms with van der Waals surface area (Å²) < 4.78 is 31.5. The molecule has 0 aliphatic carbocycles. The lowest BCUT2D eigenvalue weighted by molar-refractivity contribution is -0.144. The van der Waals surface area contributed by atoms with E-state index in [1.807, 2.05) is 75.4 Å². The van der Waals surface area contributed by atoms with Gasteiger partial charge in [-0.2, -0.15) is 0 Å². The SMILES string of the molecule is CCCCCCCOc1ccc(-c2cnc(-c3ccc(CC(NC(=O)c4ccc(C(C)(C)C)s4)C(=O)N4CC(C(=O)NS(=O)(=O)CC(=O)O)C4)cc3)nc2)cc1. The molecule has 1 fully saturated rings.